The number of carbonyl (C=O) groups is 2. The maximum Gasteiger partial charge on any atom is 0.287 e. The first-order valence-corrected chi connectivity index (χ1v) is 10.7. The van der Waals surface area contributed by atoms with E-state index in [0.717, 1.165) is 16.9 Å². The highest BCUT2D eigenvalue weighted by molar-refractivity contribution is 7.12. The van der Waals surface area contributed by atoms with Gasteiger partial charge in [0, 0.05) is 11.6 Å². The summed E-state index contributed by atoms with van der Waals surface area (Å²) in [6.07, 6.45) is 4.92. The first kappa shape index (κ1) is 23.3. The second-order valence-electron chi connectivity index (χ2n) is 6.73. The summed E-state index contributed by atoms with van der Waals surface area (Å²) < 4.78 is 0. The first-order chi connectivity index (χ1) is 15.9. The molecule has 1 heterocycles. The number of nitrogens with zero attached hydrogens (tertiary/aromatic N) is 2. The Hall–Kier alpha value is -4.37. The van der Waals surface area contributed by atoms with Crippen molar-refractivity contribution in [1.82, 2.24) is 10.7 Å². The van der Waals surface area contributed by atoms with E-state index < -0.39 is 16.7 Å². The molecule has 3 rings (SSSR count). The average molecular weight is 461 g/mol. The Balaban J connectivity index is 1.78. The molecule has 2 amide bonds. The van der Waals surface area contributed by atoms with Gasteiger partial charge in [-0.25, -0.2) is 5.43 Å². The SMILES string of the molecule is C/C(=N/NC(=O)/C(=C/C=C/c1ccccc1)NC(=O)c1ccccc1)c1cc([N+](=O)[O-])cs1. The van der Waals surface area contributed by atoms with Crippen LogP contribution in [0.4, 0.5) is 5.69 Å². The van der Waals surface area contributed by atoms with Gasteiger partial charge in [-0.15, -0.1) is 11.3 Å². The van der Waals surface area contributed by atoms with Crippen molar-refractivity contribution >= 4 is 40.6 Å². The van der Waals surface area contributed by atoms with Gasteiger partial charge in [0.05, 0.1) is 20.9 Å². The van der Waals surface area contributed by atoms with Crippen LogP contribution in [-0.2, 0) is 4.79 Å². The van der Waals surface area contributed by atoms with Crippen LogP contribution in [0.2, 0.25) is 0 Å². The lowest BCUT2D eigenvalue weighted by molar-refractivity contribution is -0.384. The van der Waals surface area contributed by atoms with Crippen LogP contribution in [0.3, 0.4) is 0 Å². The zero-order chi connectivity index (χ0) is 23.6. The molecule has 0 fully saturated rings. The van der Waals surface area contributed by atoms with Crippen molar-refractivity contribution < 1.29 is 14.5 Å². The lowest BCUT2D eigenvalue weighted by Crippen LogP contribution is -2.33. The molecule has 9 heteroatoms. The van der Waals surface area contributed by atoms with Crippen molar-refractivity contribution in [1.29, 1.82) is 0 Å². The van der Waals surface area contributed by atoms with Crippen molar-refractivity contribution in [3.63, 3.8) is 0 Å². The normalized spacial score (nSPS) is 11.9. The lowest BCUT2D eigenvalue weighted by atomic mass is 10.2. The Bertz CT molecular complexity index is 1230. The minimum Gasteiger partial charge on any atom is -0.317 e. The number of hydrogen-bond donors (Lipinski definition) is 2. The maximum atomic E-state index is 12.8. The Morgan fingerprint density at radius 1 is 1.06 bits per heavy atom. The topological polar surface area (TPSA) is 114 Å². The largest absolute Gasteiger partial charge is 0.317 e. The molecule has 1 aromatic heterocycles. The molecule has 0 spiro atoms. The molecular formula is C24H20N4O4S. The molecule has 0 saturated carbocycles. The molecule has 166 valence electrons. The fourth-order valence-corrected chi connectivity index (χ4v) is 3.45. The standard InChI is InChI=1S/C24H20N4O4S/c1-17(22-15-20(16-33-22)28(31)32)26-27-24(30)21(14-8-11-18-9-4-2-5-10-18)25-23(29)19-12-6-3-7-13-19/h2-16H,1H3,(H,25,29)(H,27,30)/b11-8+,21-14-,26-17-. The predicted octanol–water partition coefficient (Wildman–Crippen LogP) is 4.52. The van der Waals surface area contributed by atoms with E-state index in [-0.39, 0.29) is 11.4 Å². The van der Waals surface area contributed by atoms with E-state index in [0.29, 0.717) is 16.2 Å². The van der Waals surface area contributed by atoms with Crippen LogP contribution in [0.5, 0.6) is 0 Å². The number of hydrogen-bond acceptors (Lipinski definition) is 6. The van der Waals surface area contributed by atoms with Gasteiger partial charge in [-0.1, -0.05) is 60.7 Å². The monoisotopic (exact) mass is 460 g/mol. The van der Waals surface area contributed by atoms with Crippen molar-refractivity contribution in [2.75, 3.05) is 0 Å². The van der Waals surface area contributed by atoms with E-state index in [9.17, 15) is 19.7 Å². The highest BCUT2D eigenvalue weighted by atomic mass is 32.1. The molecule has 33 heavy (non-hydrogen) atoms. The zero-order valence-corrected chi connectivity index (χ0v) is 18.4. The molecule has 0 unspecified atom stereocenters. The van der Waals surface area contributed by atoms with Gasteiger partial charge in [0.25, 0.3) is 17.5 Å². The van der Waals surface area contributed by atoms with E-state index in [1.165, 1.54) is 17.5 Å². The minimum absolute atomic E-state index is 0.00950. The van der Waals surface area contributed by atoms with E-state index in [1.807, 2.05) is 30.3 Å². The van der Waals surface area contributed by atoms with Crippen molar-refractivity contribution in [3.8, 4) is 0 Å². The summed E-state index contributed by atoms with van der Waals surface area (Å²) in [5.41, 5.74) is 4.06. The van der Waals surface area contributed by atoms with Crippen LogP contribution < -0.4 is 10.7 Å². The Labute approximate surface area is 194 Å². The minimum atomic E-state index is -0.637. The third-order valence-corrected chi connectivity index (χ3v) is 5.38. The van der Waals surface area contributed by atoms with Gasteiger partial charge in [0.15, 0.2) is 0 Å². The number of carbonyl (C=O) groups excluding carboxylic acids is 2. The summed E-state index contributed by atoms with van der Waals surface area (Å²) in [6, 6.07) is 19.4. The van der Waals surface area contributed by atoms with Crippen LogP contribution in [0.15, 0.2) is 95.1 Å². The predicted molar refractivity (Wildman–Crippen MR) is 129 cm³/mol. The number of nitrogens with one attached hydrogen (secondary N) is 2. The van der Waals surface area contributed by atoms with E-state index in [1.54, 1.807) is 49.4 Å². The van der Waals surface area contributed by atoms with E-state index in [2.05, 4.69) is 15.8 Å². The third kappa shape index (κ3) is 6.81. The van der Waals surface area contributed by atoms with Gasteiger partial charge in [0.2, 0.25) is 0 Å². The van der Waals surface area contributed by atoms with Gasteiger partial charge in [0.1, 0.15) is 5.70 Å². The summed E-state index contributed by atoms with van der Waals surface area (Å²) in [5.74, 6) is -1.08. The highest BCUT2D eigenvalue weighted by Gasteiger charge is 2.15. The van der Waals surface area contributed by atoms with Crippen LogP contribution >= 0.6 is 11.3 Å². The second-order valence-corrected chi connectivity index (χ2v) is 7.65. The van der Waals surface area contributed by atoms with E-state index in [4.69, 9.17) is 0 Å². The fraction of sp³-hybridized carbons (Fsp3) is 0.0417. The average Bonchev–Trinajstić information content (AvgIpc) is 3.34. The Morgan fingerprint density at radius 3 is 2.36 bits per heavy atom. The number of rotatable bonds is 8. The first-order valence-electron chi connectivity index (χ1n) is 9.82. The van der Waals surface area contributed by atoms with Crippen LogP contribution in [0, 0.1) is 10.1 Å². The van der Waals surface area contributed by atoms with E-state index >= 15 is 0 Å². The molecule has 0 bridgehead atoms. The quantitative estimate of drug-likeness (QED) is 0.169. The molecule has 0 aliphatic carbocycles. The smallest absolute Gasteiger partial charge is 0.287 e. The number of benzene rings is 2. The Morgan fingerprint density at radius 2 is 1.73 bits per heavy atom. The molecular weight excluding hydrogens is 440 g/mol. The molecule has 2 N–H and O–H groups in total. The molecule has 8 nitrogen and oxygen atoms in total. The van der Waals surface area contributed by atoms with Gasteiger partial charge in [-0.3, -0.25) is 19.7 Å². The van der Waals surface area contributed by atoms with Gasteiger partial charge < -0.3 is 5.32 Å². The van der Waals surface area contributed by atoms with Crippen LogP contribution in [-0.4, -0.2) is 22.4 Å². The molecule has 3 aromatic rings. The Kier molecular flexibility index (Phi) is 7.98. The highest BCUT2D eigenvalue weighted by Crippen LogP contribution is 2.21. The number of hydrazone groups is 1. The zero-order valence-electron chi connectivity index (χ0n) is 17.6. The molecule has 0 aliphatic rings. The summed E-state index contributed by atoms with van der Waals surface area (Å²) in [4.78, 5) is 36.2. The van der Waals surface area contributed by atoms with Crippen LogP contribution in [0.25, 0.3) is 6.08 Å². The molecule has 0 aliphatic heterocycles. The fourth-order valence-electron chi connectivity index (χ4n) is 2.64. The number of thiophene rings is 1. The van der Waals surface area contributed by atoms with Crippen molar-refractivity contribution in [2.45, 2.75) is 6.92 Å². The van der Waals surface area contributed by atoms with Gasteiger partial charge in [-0.2, -0.15) is 5.10 Å². The molecule has 0 radical (unpaired) electrons. The lowest BCUT2D eigenvalue weighted by Gasteiger charge is -2.08. The summed E-state index contributed by atoms with van der Waals surface area (Å²) in [6.45, 7) is 1.62. The van der Waals surface area contributed by atoms with Gasteiger partial charge >= 0.3 is 0 Å². The number of allylic oxidation sites excluding steroid dienone is 2. The third-order valence-electron chi connectivity index (χ3n) is 4.36. The van der Waals surface area contributed by atoms with Crippen molar-refractivity contribution in [3.05, 3.63) is 116 Å². The second kappa shape index (κ2) is 11.3. The van der Waals surface area contributed by atoms with Gasteiger partial charge in [-0.05, 0) is 30.7 Å². The molecule has 0 saturated heterocycles. The molecule has 2 aromatic carbocycles. The summed E-state index contributed by atoms with van der Waals surface area (Å²) in [7, 11) is 0. The number of nitro groups is 1. The summed E-state index contributed by atoms with van der Waals surface area (Å²) in [5, 5.41) is 18.9. The summed E-state index contributed by atoms with van der Waals surface area (Å²) >= 11 is 1.15. The molecule has 0 atom stereocenters. The van der Waals surface area contributed by atoms with Crippen molar-refractivity contribution in [2.24, 2.45) is 5.10 Å². The maximum absolute atomic E-state index is 12.8. The number of amides is 2. The van der Waals surface area contributed by atoms with Crippen LogP contribution in [0.1, 0.15) is 27.7 Å².